The van der Waals surface area contributed by atoms with Crippen LogP contribution in [0.1, 0.15) is 61.8 Å². The first-order chi connectivity index (χ1) is 21.9. The average molecular weight is 687 g/mol. The minimum atomic E-state index is -1.74. The van der Waals surface area contributed by atoms with E-state index in [0.29, 0.717) is 13.0 Å². The highest BCUT2D eigenvalue weighted by molar-refractivity contribution is 8.77. The fraction of sp³-hybridized carbons (Fsp3) is 0.688. The van der Waals surface area contributed by atoms with Gasteiger partial charge in [-0.1, -0.05) is 39.8 Å². The molecular weight excluding hydrogens is 636 g/mol. The number of carbonyl (C=O) groups is 2. The molecule has 1 aromatic rings. The Hall–Kier alpha value is -1.08. The SMILES string of the molecule is [2H]CC1OC(N2C=CC(=O)CC2=O)C(F)C1OP(OCCc1ccccc1SSC(C)(C)CN1CCOCC1)N(C(C)C)C(C)C. The van der Waals surface area contributed by atoms with Crippen molar-refractivity contribution in [2.75, 3.05) is 39.5 Å². The zero-order valence-electron chi connectivity index (χ0n) is 28.2. The minimum Gasteiger partial charge on any atom is -0.379 e. The van der Waals surface area contributed by atoms with E-state index in [1.807, 2.05) is 44.6 Å². The second kappa shape index (κ2) is 16.8. The van der Waals surface area contributed by atoms with Gasteiger partial charge in [-0.15, -0.1) is 0 Å². The molecule has 3 aliphatic rings. The molecular formula is C32H49FN3O6PS2. The van der Waals surface area contributed by atoms with Gasteiger partial charge in [-0.2, -0.15) is 0 Å². The zero-order chi connectivity index (χ0) is 33.4. The molecule has 3 heterocycles. The lowest BCUT2D eigenvalue weighted by Crippen LogP contribution is -2.45. The van der Waals surface area contributed by atoms with Crippen molar-refractivity contribution < 1.29 is 33.9 Å². The smallest absolute Gasteiger partial charge is 0.259 e. The van der Waals surface area contributed by atoms with Crippen LogP contribution >= 0.6 is 30.1 Å². The molecule has 13 heteroatoms. The number of halogens is 1. The van der Waals surface area contributed by atoms with Crippen LogP contribution in [0.2, 0.25) is 0 Å². The third-order valence-electron chi connectivity index (χ3n) is 7.65. The van der Waals surface area contributed by atoms with E-state index in [4.69, 9.17) is 19.9 Å². The number of amides is 1. The summed E-state index contributed by atoms with van der Waals surface area (Å²) in [6.07, 6.45) is -2.18. The molecule has 1 aromatic carbocycles. The first kappa shape index (κ1) is 35.2. The van der Waals surface area contributed by atoms with E-state index >= 15 is 4.39 Å². The average Bonchev–Trinajstić information content (AvgIpc) is 3.31. The number of alkyl halides is 1. The van der Waals surface area contributed by atoms with Gasteiger partial charge in [-0.05, 0) is 72.6 Å². The Kier molecular flexibility index (Phi) is 13.2. The molecule has 2 saturated heterocycles. The zero-order valence-corrected chi connectivity index (χ0v) is 29.8. The highest BCUT2D eigenvalue weighted by atomic mass is 33.1. The van der Waals surface area contributed by atoms with Gasteiger partial charge in [-0.3, -0.25) is 19.4 Å². The van der Waals surface area contributed by atoms with Crippen molar-refractivity contribution in [3.05, 3.63) is 42.1 Å². The Morgan fingerprint density at radius 1 is 1.18 bits per heavy atom. The van der Waals surface area contributed by atoms with E-state index in [-0.39, 0.29) is 35.9 Å². The molecule has 45 heavy (non-hydrogen) atoms. The van der Waals surface area contributed by atoms with Gasteiger partial charge >= 0.3 is 0 Å². The molecule has 0 radical (unpaired) electrons. The lowest BCUT2D eigenvalue weighted by atomic mass is 10.1. The predicted molar refractivity (Wildman–Crippen MR) is 180 cm³/mol. The summed E-state index contributed by atoms with van der Waals surface area (Å²) in [4.78, 5) is 29.0. The molecule has 2 fully saturated rings. The molecule has 0 spiro atoms. The van der Waals surface area contributed by atoms with Crippen LogP contribution in [0.4, 0.5) is 4.39 Å². The van der Waals surface area contributed by atoms with Crippen LogP contribution in [0.3, 0.4) is 0 Å². The summed E-state index contributed by atoms with van der Waals surface area (Å²) in [5.74, 6) is -0.871. The van der Waals surface area contributed by atoms with Crippen molar-refractivity contribution >= 4 is 41.8 Å². The third kappa shape index (κ3) is 10.2. The lowest BCUT2D eigenvalue weighted by Gasteiger charge is -2.37. The Morgan fingerprint density at radius 2 is 1.89 bits per heavy atom. The van der Waals surface area contributed by atoms with Gasteiger partial charge in [0.2, 0.25) is 5.91 Å². The summed E-state index contributed by atoms with van der Waals surface area (Å²) >= 11 is 0. The number of ether oxygens (including phenoxy) is 2. The van der Waals surface area contributed by atoms with Gasteiger partial charge in [0.05, 0.1) is 32.3 Å². The highest BCUT2D eigenvalue weighted by Gasteiger charge is 2.50. The first-order valence-electron chi connectivity index (χ1n) is 16.3. The first-order valence-corrected chi connectivity index (χ1v) is 18.9. The maximum absolute atomic E-state index is 16.0. The molecule has 3 aliphatic heterocycles. The number of ketones is 1. The molecule has 5 unspecified atom stereocenters. The topological polar surface area (TPSA) is 80.8 Å². The van der Waals surface area contributed by atoms with Crippen molar-refractivity contribution in [3.8, 4) is 0 Å². The van der Waals surface area contributed by atoms with E-state index in [9.17, 15) is 9.59 Å². The number of hydrogen-bond donors (Lipinski definition) is 0. The van der Waals surface area contributed by atoms with E-state index in [1.54, 1.807) is 10.8 Å². The fourth-order valence-electron chi connectivity index (χ4n) is 5.55. The fourth-order valence-corrected chi connectivity index (χ4v) is 9.87. The maximum Gasteiger partial charge on any atom is 0.259 e. The van der Waals surface area contributed by atoms with Crippen molar-refractivity contribution in [3.63, 3.8) is 0 Å². The van der Waals surface area contributed by atoms with Crippen LogP contribution < -0.4 is 0 Å². The van der Waals surface area contributed by atoms with Crippen molar-refractivity contribution in [2.45, 2.75) is 108 Å². The molecule has 0 aromatic heterocycles. The second-order valence-electron chi connectivity index (χ2n) is 12.7. The Morgan fingerprint density at radius 3 is 2.56 bits per heavy atom. The standard InChI is InChI=1S/C32H49FN3O6PS2/c1-22(2)36(23(3)4)43(42-30-24(5)41-31(29(30)33)35-14-12-26(37)20-28(35)38)40-17-13-25-10-8-9-11-27(25)44-45-32(6,7)21-34-15-18-39-19-16-34/h8-12,14,22-24,29-31H,13,15-21H2,1-7H3/i5D. The van der Waals surface area contributed by atoms with Gasteiger partial charge in [0.25, 0.3) is 8.53 Å². The van der Waals surface area contributed by atoms with Gasteiger partial charge in [0, 0.05) is 48.9 Å². The van der Waals surface area contributed by atoms with Gasteiger partial charge in [-0.25, -0.2) is 9.06 Å². The minimum absolute atomic E-state index is 0.0438. The number of hydrogen-bond acceptors (Lipinski definition) is 10. The summed E-state index contributed by atoms with van der Waals surface area (Å²) in [6, 6.07) is 8.42. The van der Waals surface area contributed by atoms with Crippen molar-refractivity contribution in [1.29, 1.82) is 0 Å². The Labute approximate surface area is 278 Å². The number of allylic oxidation sites excluding steroid dienone is 1. The van der Waals surface area contributed by atoms with E-state index in [0.717, 1.165) is 37.7 Å². The summed E-state index contributed by atoms with van der Waals surface area (Å²) in [6.45, 7) is 17.3. The van der Waals surface area contributed by atoms with Gasteiger partial charge in [0.15, 0.2) is 18.2 Å². The number of rotatable bonds is 15. The third-order valence-corrected chi connectivity index (χ3v) is 13.2. The van der Waals surface area contributed by atoms with Crippen LogP contribution in [0, 0.1) is 0 Å². The number of benzene rings is 1. The largest absolute Gasteiger partial charge is 0.379 e. The van der Waals surface area contributed by atoms with Crippen molar-refractivity contribution in [2.24, 2.45) is 0 Å². The maximum atomic E-state index is 16.0. The highest BCUT2D eigenvalue weighted by Crippen LogP contribution is 2.50. The normalized spacial score (nSPS) is 26.0. The number of nitrogens with zero attached hydrogens (tertiary/aromatic N) is 3. The molecule has 0 saturated carbocycles. The molecule has 0 N–H and O–H groups in total. The van der Waals surface area contributed by atoms with E-state index in [1.165, 1.54) is 22.7 Å². The van der Waals surface area contributed by atoms with E-state index in [2.05, 4.69) is 41.6 Å². The molecule has 9 nitrogen and oxygen atoms in total. The summed E-state index contributed by atoms with van der Waals surface area (Å²) in [5, 5.41) is 0. The van der Waals surface area contributed by atoms with Gasteiger partial charge in [0.1, 0.15) is 6.10 Å². The Balaban J connectivity index is 1.42. The van der Waals surface area contributed by atoms with Crippen LogP contribution in [0.15, 0.2) is 41.4 Å². The van der Waals surface area contributed by atoms with Crippen LogP contribution in [-0.4, -0.2) is 107 Å². The van der Waals surface area contributed by atoms with Gasteiger partial charge < -0.3 is 18.5 Å². The molecule has 0 aliphatic carbocycles. The van der Waals surface area contributed by atoms with Crippen LogP contribution in [0.25, 0.3) is 0 Å². The quantitative estimate of drug-likeness (QED) is 0.120. The molecule has 1 amide bonds. The number of morpholine rings is 1. The van der Waals surface area contributed by atoms with E-state index < -0.39 is 39.0 Å². The summed E-state index contributed by atoms with van der Waals surface area (Å²) in [5.41, 5.74) is 1.17. The number of carbonyl (C=O) groups excluding carboxylic acids is 2. The summed E-state index contributed by atoms with van der Waals surface area (Å²) < 4.78 is 50.4. The second-order valence-corrected chi connectivity index (χ2v) is 16.9. The molecule has 252 valence electrons. The van der Waals surface area contributed by atoms with Crippen LogP contribution in [0.5, 0.6) is 0 Å². The lowest BCUT2D eigenvalue weighted by molar-refractivity contribution is -0.145. The Bertz CT molecular complexity index is 1190. The summed E-state index contributed by atoms with van der Waals surface area (Å²) in [7, 11) is 1.91. The van der Waals surface area contributed by atoms with Crippen molar-refractivity contribution in [1.82, 2.24) is 14.5 Å². The molecule has 4 rings (SSSR count). The van der Waals surface area contributed by atoms with Crippen LogP contribution in [-0.2, 0) is 34.5 Å². The monoisotopic (exact) mass is 686 g/mol. The molecule has 5 atom stereocenters. The molecule has 0 bridgehead atoms. The predicted octanol–water partition coefficient (Wildman–Crippen LogP) is 6.23.